The third-order valence-corrected chi connectivity index (χ3v) is 4.03. The van der Waals surface area contributed by atoms with Gasteiger partial charge >= 0.3 is 0 Å². The fraction of sp³-hybridized carbons (Fsp3) is 0.500. The average molecular weight is 277 g/mol. The van der Waals surface area contributed by atoms with Gasteiger partial charge in [0, 0.05) is 17.4 Å². The first-order valence-electron chi connectivity index (χ1n) is 7.22. The molecule has 4 heteroatoms. The van der Waals surface area contributed by atoms with Crippen LogP contribution in [0.1, 0.15) is 30.6 Å². The number of nitrogens with two attached hydrogens (primary N) is 1. The molecule has 2 aromatic rings. The van der Waals surface area contributed by atoms with Gasteiger partial charge in [0.05, 0.1) is 0 Å². The number of furan rings is 1. The molecule has 0 aliphatic heterocycles. The Hall–Kier alpha value is -1.55. The molecule has 0 saturated heterocycles. The van der Waals surface area contributed by atoms with Crippen LogP contribution < -0.4 is 10.5 Å². The van der Waals surface area contributed by atoms with Crippen molar-refractivity contribution in [2.24, 2.45) is 11.7 Å². The number of aryl methyl sites for hydroxylation is 1. The van der Waals surface area contributed by atoms with Crippen LogP contribution >= 0.6 is 0 Å². The van der Waals surface area contributed by atoms with Gasteiger partial charge in [-0.3, -0.25) is 0 Å². The Morgan fingerprint density at radius 1 is 1.45 bits per heavy atom. The van der Waals surface area contributed by atoms with Crippen molar-refractivity contribution in [1.29, 1.82) is 0 Å². The Bertz CT molecular complexity index is 608. The number of fused-ring (bicyclic) bond motifs is 1. The second-order valence-corrected chi connectivity index (χ2v) is 5.33. The number of rotatable bonds is 6. The number of alkyl halides is 1. The van der Waals surface area contributed by atoms with Crippen LogP contribution in [0.4, 0.5) is 4.39 Å². The topological polar surface area (TPSA) is 48.4 Å². The van der Waals surface area contributed by atoms with Gasteiger partial charge in [0.25, 0.3) is 0 Å². The maximum Gasteiger partial charge on any atom is 0.134 e. The maximum atomic E-state index is 12.4. The third kappa shape index (κ3) is 2.29. The summed E-state index contributed by atoms with van der Waals surface area (Å²) >= 11 is 0. The normalized spacial score (nSPS) is 21.4. The zero-order valence-corrected chi connectivity index (χ0v) is 11.7. The Balaban J connectivity index is 2.06. The summed E-state index contributed by atoms with van der Waals surface area (Å²) in [5.74, 6) is 2.67. The molecule has 1 saturated carbocycles. The standard InChI is InChI=1S/C16H20FNO2/c1-2-11-8-13-14(20-11)3-4-15(19-6-5-17)16(13)12-7-10(12)9-18/h3-4,8,10,12H,2,5-7,9,18H2,1H3/t10-,12+/m1/s1. The van der Waals surface area contributed by atoms with E-state index in [2.05, 4.69) is 13.0 Å². The highest BCUT2D eigenvalue weighted by Gasteiger charge is 2.40. The van der Waals surface area contributed by atoms with Crippen molar-refractivity contribution in [1.82, 2.24) is 0 Å². The van der Waals surface area contributed by atoms with Crippen molar-refractivity contribution < 1.29 is 13.5 Å². The van der Waals surface area contributed by atoms with Crippen LogP contribution in [-0.4, -0.2) is 19.8 Å². The molecule has 3 nitrogen and oxygen atoms in total. The lowest BCUT2D eigenvalue weighted by atomic mass is 10.0. The van der Waals surface area contributed by atoms with Gasteiger partial charge in [0.2, 0.25) is 0 Å². The Labute approximate surface area is 117 Å². The number of benzene rings is 1. The zero-order valence-electron chi connectivity index (χ0n) is 11.7. The molecule has 1 aliphatic carbocycles. The first-order chi connectivity index (χ1) is 9.78. The van der Waals surface area contributed by atoms with E-state index in [1.165, 1.54) is 0 Å². The van der Waals surface area contributed by atoms with Crippen molar-refractivity contribution in [2.75, 3.05) is 19.8 Å². The number of hydrogen-bond acceptors (Lipinski definition) is 3. The predicted octanol–water partition coefficient (Wildman–Crippen LogP) is 3.41. The lowest BCUT2D eigenvalue weighted by molar-refractivity contribution is 0.271. The van der Waals surface area contributed by atoms with E-state index in [1.54, 1.807) is 0 Å². The van der Waals surface area contributed by atoms with Crippen molar-refractivity contribution >= 4 is 11.0 Å². The molecular weight excluding hydrogens is 257 g/mol. The minimum absolute atomic E-state index is 0.0943. The fourth-order valence-electron chi connectivity index (χ4n) is 2.86. The van der Waals surface area contributed by atoms with E-state index in [9.17, 15) is 4.39 Å². The fourth-order valence-corrected chi connectivity index (χ4v) is 2.86. The molecule has 20 heavy (non-hydrogen) atoms. The molecule has 1 aliphatic rings. The van der Waals surface area contributed by atoms with Crippen LogP contribution in [0.25, 0.3) is 11.0 Å². The second-order valence-electron chi connectivity index (χ2n) is 5.33. The van der Waals surface area contributed by atoms with Crippen LogP contribution in [0.2, 0.25) is 0 Å². The van der Waals surface area contributed by atoms with Gasteiger partial charge in [-0.15, -0.1) is 0 Å². The van der Waals surface area contributed by atoms with Crippen LogP contribution in [0.5, 0.6) is 5.75 Å². The molecular formula is C16H20FNO2. The second kappa shape index (κ2) is 5.44. The van der Waals surface area contributed by atoms with Crippen LogP contribution in [0, 0.1) is 5.92 Å². The van der Waals surface area contributed by atoms with E-state index in [0.717, 1.165) is 40.9 Å². The third-order valence-electron chi connectivity index (χ3n) is 4.03. The number of ether oxygens (including phenoxy) is 1. The molecule has 2 N–H and O–H groups in total. The molecule has 0 radical (unpaired) electrons. The van der Waals surface area contributed by atoms with Crippen LogP contribution in [0.3, 0.4) is 0 Å². The summed E-state index contributed by atoms with van der Waals surface area (Å²) in [7, 11) is 0. The van der Waals surface area contributed by atoms with Crippen molar-refractivity contribution in [3.63, 3.8) is 0 Å². The first kappa shape index (κ1) is 13.4. The minimum atomic E-state index is -0.478. The molecule has 1 aromatic heterocycles. The van der Waals surface area contributed by atoms with Gasteiger partial charge in [-0.05, 0) is 43.0 Å². The highest BCUT2D eigenvalue weighted by Crippen LogP contribution is 2.52. The van der Waals surface area contributed by atoms with Gasteiger partial charge in [-0.1, -0.05) is 6.92 Å². The van der Waals surface area contributed by atoms with Gasteiger partial charge < -0.3 is 14.9 Å². The SMILES string of the molecule is CCc1cc2c([C@H]3C[C@@H]3CN)c(OCCF)ccc2o1. The van der Waals surface area contributed by atoms with Gasteiger partial charge in [-0.25, -0.2) is 4.39 Å². The Morgan fingerprint density at radius 2 is 2.30 bits per heavy atom. The smallest absolute Gasteiger partial charge is 0.134 e. The summed E-state index contributed by atoms with van der Waals surface area (Å²) in [4.78, 5) is 0. The molecule has 1 heterocycles. The molecule has 0 amide bonds. The number of hydrogen-bond donors (Lipinski definition) is 1. The largest absolute Gasteiger partial charge is 0.491 e. The van der Waals surface area contributed by atoms with Gasteiger partial charge in [0.15, 0.2) is 0 Å². The summed E-state index contributed by atoms with van der Waals surface area (Å²) < 4.78 is 23.8. The lowest BCUT2D eigenvalue weighted by Crippen LogP contribution is -2.04. The molecule has 0 spiro atoms. The summed E-state index contributed by atoms with van der Waals surface area (Å²) in [5.41, 5.74) is 7.79. The minimum Gasteiger partial charge on any atom is -0.491 e. The Morgan fingerprint density at radius 3 is 2.95 bits per heavy atom. The van der Waals surface area contributed by atoms with Crippen LogP contribution in [0.15, 0.2) is 22.6 Å². The highest BCUT2D eigenvalue weighted by molar-refractivity contribution is 5.85. The molecule has 0 bridgehead atoms. The van der Waals surface area contributed by atoms with Crippen molar-refractivity contribution in [3.8, 4) is 5.75 Å². The lowest BCUT2D eigenvalue weighted by Gasteiger charge is -2.11. The molecule has 3 rings (SSSR count). The summed E-state index contributed by atoms with van der Waals surface area (Å²) in [6.07, 6.45) is 1.94. The molecule has 0 unspecified atom stereocenters. The summed E-state index contributed by atoms with van der Waals surface area (Å²) in [6.45, 7) is 2.37. The van der Waals surface area contributed by atoms with E-state index in [4.69, 9.17) is 14.9 Å². The molecule has 108 valence electrons. The summed E-state index contributed by atoms with van der Waals surface area (Å²) in [5, 5.41) is 1.10. The molecule has 2 atom stereocenters. The molecule has 1 fully saturated rings. The van der Waals surface area contributed by atoms with E-state index in [1.807, 2.05) is 12.1 Å². The zero-order chi connectivity index (χ0) is 14.1. The summed E-state index contributed by atoms with van der Waals surface area (Å²) in [6, 6.07) is 5.88. The molecule has 1 aromatic carbocycles. The average Bonchev–Trinajstić information content (AvgIpc) is 3.13. The Kier molecular flexibility index (Phi) is 3.66. The van der Waals surface area contributed by atoms with Crippen LogP contribution in [-0.2, 0) is 6.42 Å². The van der Waals surface area contributed by atoms with E-state index in [0.29, 0.717) is 18.4 Å². The van der Waals surface area contributed by atoms with Crippen molar-refractivity contribution in [2.45, 2.75) is 25.7 Å². The first-order valence-corrected chi connectivity index (χ1v) is 7.22. The van der Waals surface area contributed by atoms with E-state index >= 15 is 0 Å². The number of halogens is 1. The van der Waals surface area contributed by atoms with Gasteiger partial charge in [0.1, 0.15) is 30.4 Å². The quantitative estimate of drug-likeness (QED) is 0.880. The monoisotopic (exact) mass is 277 g/mol. The van der Waals surface area contributed by atoms with Crippen molar-refractivity contribution in [3.05, 3.63) is 29.5 Å². The van der Waals surface area contributed by atoms with Gasteiger partial charge in [-0.2, -0.15) is 0 Å². The highest BCUT2D eigenvalue weighted by atomic mass is 19.1. The van der Waals surface area contributed by atoms with E-state index in [-0.39, 0.29) is 6.61 Å². The predicted molar refractivity (Wildman–Crippen MR) is 77.0 cm³/mol. The van der Waals surface area contributed by atoms with E-state index < -0.39 is 6.67 Å². The maximum absolute atomic E-state index is 12.4.